The van der Waals surface area contributed by atoms with E-state index < -0.39 is 0 Å². The van der Waals surface area contributed by atoms with E-state index in [2.05, 4.69) is 4.90 Å². The van der Waals surface area contributed by atoms with Crippen LogP contribution in [0.25, 0.3) is 0 Å². The number of ether oxygens (including phenoxy) is 1. The van der Waals surface area contributed by atoms with E-state index in [1.807, 2.05) is 61.5 Å². The maximum absolute atomic E-state index is 13.1. The fraction of sp³-hybridized carbons (Fsp3) is 0.480. The second kappa shape index (κ2) is 11.1. The Bertz CT molecular complexity index is 788. The van der Waals surface area contributed by atoms with E-state index in [4.69, 9.17) is 16.2 Å². The summed E-state index contributed by atoms with van der Waals surface area (Å²) in [6.45, 7) is 2.71. The molecule has 0 amide bonds. The van der Waals surface area contributed by atoms with Gasteiger partial charge in [-0.3, -0.25) is 4.79 Å². The van der Waals surface area contributed by atoms with Crippen LogP contribution in [-0.2, 0) is 0 Å². The van der Waals surface area contributed by atoms with Crippen molar-refractivity contribution in [3.05, 3.63) is 60.2 Å². The monoisotopic (exact) mass is 409 g/mol. The summed E-state index contributed by atoms with van der Waals surface area (Å²) in [5.74, 6) is 0.683. The van der Waals surface area contributed by atoms with Crippen LogP contribution < -0.4 is 21.1 Å². The fourth-order valence-electron chi connectivity index (χ4n) is 4.34. The maximum atomic E-state index is 13.1. The molecule has 1 fully saturated rings. The third-order valence-corrected chi connectivity index (χ3v) is 5.75. The zero-order valence-corrected chi connectivity index (χ0v) is 18.0. The molecule has 0 saturated heterocycles. The molecule has 1 aliphatic carbocycles. The van der Waals surface area contributed by atoms with Gasteiger partial charge in [0, 0.05) is 35.9 Å². The Morgan fingerprint density at radius 2 is 1.70 bits per heavy atom. The first-order valence-corrected chi connectivity index (χ1v) is 11.1. The molecule has 2 aromatic rings. The molecule has 3 rings (SSSR count). The van der Waals surface area contributed by atoms with Crippen LogP contribution >= 0.6 is 0 Å². The number of carbonyl (C=O) groups excluding carboxylic acids is 1. The van der Waals surface area contributed by atoms with E-state index in [1.165, 1.54) is 19.3 Å². The number of para-hydroxylation sites is 2. The molecule has 5 nitrogen and oxygen atoms in total. The van der Waals surface area contributed by atoms with E-state index in [1.54, 1.807) is 0 Å². The first kappa shape index (κ1) is 22.3. The Kier molecular flexibility index (Phi) is 8.29. The summed E-state index contributed by atoms with van der Waals surface area (Å²) in [5, 5.41) is 0. The molecule has 2 unspecified atom stereocenters. The molecule has 2 atom stereocenters. The van der Waals surface area contributed by atoms with Crippen LogP contribution in [0.2, 0.25) is 0 Å². The molecule has 0 aliphatic heterocycles. The number of anilines is 1. The van der Waals surface area contributed by atoms with Crippen LogP contribution in [0.15, 0.2) is 54.6 Å². The van der Waals surface area contributed by atoms with Gasteiger partial charge in [-0.1, -0.05) is 49.6 Å². The van der Waals surface area contributed by atoms with Gasteiger partial charge in [0.25, 0.3) is 0 Å². The van der Waals surface area contributed by atoms with E-state index in [0.29, 0.717) is 23.9 Å². The van der Waals surface area contributed by atoms with Gasteiger partial charge < -0.3 is 21.1 Å². The van der Waals surface area contributed by atoms with Gasteiger partial charge in [0.1, 0.15) is 5.75 Å². The lowest BCUT2D eigenvalue weighted by atomic mass is 9.92. The summed E-state index contributed by atoms with van der Waals surface area (Å²) in [5.41, 5.74) is 14.1. The molecule has 162 valence electrons. The smallest absolute Gasteiger partial charge is 0.202 e. The minimum Gasteiger partial charge on any atom is -0.485 e. The van der Waals surface area contributed by atoms with Crippen molar-refractivity contribution < 1.29 is 9.53 Å². The Morgan fingerprint density at radius 1 is 1.03 bits per heavy atom. The molecular weight excluding hydrogens is 374 g/mol. The third kappa shape index (κ3) is 6.31. The summed E-state index contributed by atoms with van der Waals surface area (Å²) in [4.78, 5) is 15.4. The Morgan fingerprint density at radius 3 is 2.40 bits per heavy atom. The van der Waals surface area contributed by atoms with E-state index in [0.717, 1.165) is 24.9 Å². The van der Waals surface area contributed by atoms with Gasteiger partial charge in [0.05, 0.1) is 0 Å². The first-order valence-electron chi connectivity index (χ1n) is 11.1. The molecule has 4 N–H and O–H groups in total. The topological polar surface area (TPSA) is 81.6 Å². The highest BCUT2D eigenvalue weighted by Gasteiger charge is 2.26. The normalized spacial score (nSPS) is 16.6. The zero-order valence-electron chi connectivity index (χ0n) is 18.0. The van der Waals surface area contributed by atoms with Crippen LogP contribution in [-0.4, -0.2) is 37.1 Å². The van der Waals surface area contributed by atoms with Crippen molar-refractivity contribution in [1.82, 2.24) is 0 Å². The number of hydrogen-bond acceptors (Lipinski definition) is 5. The standard InChI is InChI=1S/C25H35N3O2/c1-19(26)16-20(27)17-28(21-10-4-2-5-11-21)24-15-9-8-14-23(24)25(29)18-30-22-12-6-3-7-13-22/h3,6-9,12-15,19-21H,2,4-5,10-11,16-18,26-27H2,1H3. The number of nitrogens with two attached hydrogens (primary N) is 2. The Hall–Kier alpha value is -2.37. The van der Waals surface area contributed by atoms with Gasteiger partial charge in [0.15, 0.2) is 6.61 Å². The lowest BCUT2D eigenvalue weighted by Crippen LogP contribution is -2.46. The summed E-state index contributed by atoms with van der Waals surface area (Å²) >= 11 is 0. The fourth-order valence-corrected chi connectivity index (χ4v) is 4.34. The van der Waals surface area contributed by atoms with Gasteiger partial charge >= 0.3 is 0 Å². The van der Waals surface area contributed by atoms with Crippen LogP contribution in [0.1, 0.15) is 55.8 Å². The number of hydrogen-bond donors (Lipinski definition) is 2. The van der Waals surface area contributed by atoms with Crippen LogP contribution in [0.3, 0.4) is 0 Å². The highest BCUT2D eigenvalue weighted by Crippen LogP contribution is 2.30. The van der Waals surface area contributed by atoms with Crippen molar-refractivity contribution in [1.29, 1.82) is 0 Å². The van der Waals surface area contributed by atoms with Gasteiger partial charge in [0.2, 0.25) is 5.78 Å². The molecule has 0 spiro atoms. The van der Waals surface area contributed by atoms with Crippen molar-refractivity contribution >= 4 is 11.5 Å². The average molecular weight is 410 g/mol. The maximum Gasteiger partial charge on any atom is 0.202 e. The Balaban J connectivity index is 1.80. The van der Waals surface area contributed by atoms with Crippen LogP contribution in [0, 0.1) is 0 Å². The largest absolute Gasteiger partial charge is 0.485 e. The summed E-state index contributed by atoms with van der Waals surface area (Å²) in [6, 6.07) is 17.7. The van der Waals surface area contributed by atoms with Crippen molar-refractivity contribution in [2.45, 2.75) is 63.6 Å². The molecule has 2 aromatic carbocycles. The quantitative estimate of drug-likeness (QED) is 0.576. The molecule has 1 aliphatic rings. The van der Waals surface area contributed by atoms with Crippen molar-refractivity contribution in [3.8, 4) is 5.75 Å². The number of Topliss-reactive ketones (excluding diaryl/α,β-unsaturated/α-hetero) is 1. The molecule has 30 heavy (non-hydrogen) atoms. The average Bonchev–Trinajstić information content (AvgIpc) is 2.77. The minimum absolute atomic E-state index is 0.0176. The molecule has 0 aromatic heterocycles. The lowest BCUT2D eigenvalue weighted by Gasteiger charge is -2.39. The van der Waals surface area contributed by atoms with Crippen LogP contribution in [0.5, 0.6) is 5.75 Å². The lowest BCUT2D eigenvalue weighted by molar-refractivity contribution is 0.0922. The van der Waals surface area contributed by atoms with Gasteiger partial charge in [-0.05, 0) is 50.5 Å². The van der Waals surface area contributed by atoms with E-state index >= 15 is 0 Å². The van der Waals surface area contributed by atoms with Crippen molar-refractivity contribution in [2.75, 3.05) is 18.1 Å². The number of ketones is 1. The van der Waals surface area contributed by atoms with Gasteiger partial charge in [-0.2, -0.15) is 0 Å². The molecule has 5 heteroatoms. The highest BCUT2D eigenvalue weighted by atomic mass is 16.5. The number of benzene rings is 2. The highest BCUT2D eigenvalue weighted by molar-refractivity contribution is 6.02. The van der Waals surface area contributed by atoms with Crippen molar-refractivity contribution in [2.24, 2.45) is 11.5 Å². The third-order valence-electron chi connectivity index (χ3n) is 5.75. The Labute approximate surface area is 180 Å². The first-order chi connectivity index (χ1) is 14.5. The second-order valence-electron chi connectivity index (χ2n) is 8.46. The summed E-state index contributed by atoms with van der Waals surface area (Å²) in [6.07, 6.45) is 6.74. The zero-order chi connectivity index (χ0) is 21.3. The molecule has 0 bridgehead atoms. The molecule has 0 radical (unpaired) electrons. The van der Waals surface area contributed by atoms with Crippen LogP contribution in [0.4, 0.5) is 5.69 Å². The second-order valence-corrected chi connectivity index (χ2v) is 8.46. The predicted molar refractivity (Wildman–Crippen MR) is 123 cm³/mol. The van der Waals surface area contributed by atoms with Gasteiger partial charge in [-0.15, -0.1) is 0 Å². The summed E-state index contributed by atoms with van der Waals surface area (Å²) in [7, 11) is 0. The SMILES string of the molecule is CC(N)CC(N)CN(c1ccccc1C(=O)COc1ccccc1)C1CCCCC1. The number of nitrogens with zero attached hydrogens (tertiary/aromatic N) is 1. The molecule has 1 saturated carbocycles. The number of rotatable bonds is 10. The minimum atomic E-state index is -0.0318. The predicted octanol–water partition coefficient (Wildman–Crippen LogP) is 4.15. The number of carbonyl (C=O) groups is 1. The summed E-state index contributed by atoms with van der Waals surface area (Å²) < 4.78 is 5.73. The molecular formula is C25H35N3O2. The van der Waals surface area contributed by atoms with E-state index in [-0.39, 0.29) is 24.5 Å². The van der Waals surface area contributed by atoms with Crippen molar-refractivity contribution in [3.63, 3.8) is 0 Å². The molecule has 0 heterocycles. The van der Waals surface area contributed by atoms with E-state index in [9.17, 15) is 4.79 Å². The van der Waals surface area contributed by atoms with Gasteiger partial charge in [-0.25, -0.2) is 0 Å².